The Morgan fingerprint density at radius 2 is 1.44 bits per heavy atom. The summed E-state index contributed by atoms with van der Waals surface area (Å²) in [6, 6.07) is 10.8. The van der Waals surface area contributed by atoms with Gasteiger partial charge in [-0.15, -0.1) is 0 Å². The lowest BCUT2D eigenvalue weighted by Gasteiger charge is -2.39. The van der Waals surface area contributed by atoms with Crippen molar-refractivity contribution in [1.29, 1.82) is 0 Å². The highest BCUT2D eigenvalue weighted by molar-refractivity contribution is 5.71. The van der Waals surface area contributed by atoms with Gasteiger partial charge in [0.2, 0.25) is 6.29 Å². The maximum atomic E-state index is 13.2. The second kappa shape index (κ2) is 19.0. The van der Waals surface area contributed by atoms with E-state index < -0.39 is 6.29 Å². The van der Waals surface area contributed by atoms with Gasteiger partial charge in [-0.3, -0.25) is 4.79 Å². The molecule has 0 N–H and O–H groups in total. The summed E-state index contributed by atoms with van der Waals surface area (Å²) in [6.07, 6.45) is 23.3. The van der Waals surface area contributed by atoms with Gasteiger partial charge < -0.3 is 14.4 Å². The molecule has 0 aromatic heterocycles. The van der Waals surface area contributed by atoms with Gasteiger partial charge in [-0.1, -0.05) is 101 Å². The quantitative estimate of drug-likeness (QED) is 0.0681. The van der Waals surface area contributed by atoms with E-state index in [-0.39, 0.29) is 18.1 Å². The second-order valence-corrected chi connectivity index (χ2v) is 12.3. The highest BCUT2D eigenvalue weighted by atomic mass is 16.7. The highest BCUT2D eigenvalue weighted by Crippen LogP contribution is 2.55. The number of rotatable bonds is 20. The highest BCUT2D eigenvalue weighted by Gasteiger charge is 2.51. The number of hydrogen-bond acceptors (Lipinski definition) is 4. The Labute approximate surface area is 250 Å². The summed E-state index contributed by atoms with van der Waals surface area (Å²) in [7, 11) is 0. The molecule has 5 heteroatoms. The van der Waals surface area contributed by atoms with Crippen LogP contribution in [0.15, 0.2) is 42.5 Å². The van der Waals surface area contributed by atoms with Crippen molar-refractivity contribution in [3.05, 3.63) is 48.0 Å². The first-order chi connectivity index (χ1) is 20.0. The molecule has 1 amide bonds. The van der Waals surface area contributed by atoms with Crippen molar-refractivity contribution < 1.29 is 19.1 Å². The van der Waals surface area contributed by atoms with Gasteiger partial charge in [0, 0.05) is 31.8 Å². The van der Waals surface area contributed by atoms with Gasteiger partial charge in [0.25, 0.3) is 0 Å². The van der Waals surface area contributed by atoms with E-state index >= 15 is 0 Å². The molecule has 5 unspecified atom stereocenters. The molecular weight excluding hydrogens is 510 g/mol. The summed E-state index contributed by atoms with van der Waals surface area (Å²) in [5, 5.41) is 0. The molecule has 2 aliphatic carbocycles. The first kappa shape index (κ1) is 33.2. The van der Waals surface area contributed by atoms with E-state index in [2.05, 4.69) is 43.3 Å². The largest absolute Gasteiger partial charge is 0.425 e. The number of unbranched alkanes of at least 4 members (excludes halogenated alkanes) is 11. The number of carbonyl (C=O) groups is 2. The van der Waals surface area contributed by atoms with Crippen molar-refractivity contribution in [3.63, 3.8) is 0 Å². The Morgan fingerprint density at radius 3 is 2.10 bits per heavy atom. The SMILES string of the molecule is CCCCCCCC/C=C\CCCCCCCC(=O)OC(C)OC(=O)N(CC)C1C2CCC(C2)C1c1ccccc1. The lowest BCUT2D eigenvalue weighted by atomic mass is 9.79. The Balaban J connectivity index is 1.26. The number of allylic oxidation sites excluding steroid dienone is 2. The van der Waals surface area contributed by atoms with E-state index in [0.717, 1.165) is 25.7 Å². The Kier molecular flexibility index (Phi) is 15.4. The predicted molar refractivity (Wildman–Crippen MR) is 168 cm³/mol. The standard InChI is InChI=1S/C36H57NO4/c1-4-6-7-8-9-10-11-12-13-14-15-16-17-18-22-25-33(38)40-29(3)41-36(39)37(5-2)35-32-27-26-31(28-32)34(35)30-23-20-19-21-24-30/h12-13,19-21,23-24,29,31-32,34-35H,4-11,14-18,22,25-28H2,1-3H3/b13-12-. The minimum atomic E-state index is -0.874. The van der Waals surface area contributed by atoms with Crippen molar-refractivity contribution in [3.8, 4) is 0 Å². The topological polar surface area (TPSA) is 55.8 Å². The van der Waals surface area contributed by atoms with Gasteiger partial charge in [0.15, 0.2) is 0 Å². The van der Waals surface area contributed by atoms with Crippen LogP contribution in [0.2, 0.25) is 0 Å². The molecule has 2 aliphatic rings. The number of esters is 1. The smallest absolute Gasteiger partial charge is 0.413 e. The molecule has 41 heavy (non-hydrogen) atoms. The van der Waals surface area contributed by atoms with Crippen LogP contribution in [0.5, 0.6) is 0 Å². The maximum Gasteiger partial charge on any atom is 0.413 e. The summed E-state index contributed by atoms with van der Waals surface area (Å²) in [5.74, 6) is 1.20. The molecule has 5 nitrogen and oxygen atoms in total. The van der Waals surface area contributed by atoms with E-state index in [4.69, 9.17) is 9.47 Å². The van der Waals surface area contributed by atoms with Crippen molar-refractivity contribution in [2.45, 2.75) is 148 Å². The summed E-state index contributed by atoms with van der Waals surface area (Å²) in [6.45, 7) is 6.52. The molecule has 1 aromatic carbocycles. The third kappa shape index (κ3) is 11.1. The normalized spacial score (nSPS) is 22.2. The number of ether oxygens (including phenoxy) is 2. The lowest BCUT2D eigenvalue weighted by molar-refractivity contribution is -0.166. The van der Waals surface area contributed by atoms with Crippen LogP contribution in [-0.2, 0) is 14.3 Å². The summed E-state index contributed by atoms with van der Waals surface area (Å²) in [4.78, 5) is 27.5. The third-order valence-corrected chi connectivity index (χ3v) is 9.20. The zero-order chi connectivity index (χ0) is 29.3. The zero-order valence-electron chi connectivity index (χ0n) is 26.2. The molecule has 3 rings (SSSR count). The van der Waals surface area contributed by atoms with Crippen LogP contribution in [0.25, 0.3) is 0 Å². The van der Waals surface area contributed by atoms with Gasteiger partial charge >= 0.3 is 12.1 Å². The van der Waals surface area contributed by atoms with Gasteiger partial charge in [-0.25, -0.2) is 4.79 Å². The number of hydrogen-bond donors (Lipinski definition) is 0. The molecule has 2 fully saturated rings. The van der Waals surface area contributed by atoms with Crippen molar-refractivity contribution in [2.24, 2.45) is 11.8 Å². The number of nitrogens with zero attached hydrogens (tertiary/aromatic N) is 1. The number of amides is 1. The molecule has 0 saturated heterocycles. The van der Waals surface area contributed by atoms with Crippen LogP contribution < -0.4 is 0 Å². The lowest BCUT2D eigenvalue weighted by Crippen LogP contribution is -2.47. The fourth-order valence-corrected chi connectivity index (χ4v) is 7.13. The third-order valence-electron chi connectivity index (χ3n) is 9.20. The van der Waals surface area contributed by atoms with Crippen LogP contribution in [0.3, 0.4) is 0 Å². The number of likely N-dealkylation sites (N-methyl/N-ethyl adjacent to an activating group) is 1. The number of benzene rings is 1. The number of fused-ring (bicyclic) bond motifs is 2. The summed E-state index contributed by atoms with van der Waals surface area (Å²) in [5.41, 5.74) is 1.32. The molecule has 0 heterocycles. The summed E-state index contributed by atoms with van der Waals surface area (Å²) < 4.78 is 11.1. The molecular formula is C36H57NO4. The molecule has 230 valence electrons. The van der Waals surface area contributed by atoms with Crippen LogP contribution in [0, 0.1) is 11.8 Å². The van der Waals surface area contributed by atoms with Gasteiger partial charge in [-0.05, 0) is 75.7 Å². The van der Waals surface area contributed by atoms with E-state index in [1.165, 1.54) is 82.6 Å². The van der Waals surface area contributed by atoms with E-state index in [9.17, 15) is 9.59 Å². The van der Waals surface area contributed by atoms with Crippen LogP contribution in [-0.4, -0.2) is 35.8 Å². The Hall–Kier alpha value is -2.30. The molecule has 1 aromatic rings. The number of carbonyl (C=O) groups excluding carboxylic acids is 2. The molecule has 0 aliphatic heterocycles. The fourth-order valence-electron chi connectivity index (χ4n) is 7.13. The monoisotopic (exact) mass is 567 g/mol. The minimum absolute atomic E-state index is 0.146. The molecule has 0 spiro atoms. The predicted octanol–water partition coefficient (Wildman–Crippen LogP) is 9.95. The van der Waals surface area contributed by atoms with Gasteiger partial charge in [-0.2, -0.15) is 0 Å². The second-order valence-electron chi connectivity index (χ2n) is 12.3. The van der Waals surface area contributed by atoms with Crippen molar-refractivity contribution in [2.75, 3.05) is 6.54 Å². The molecule has 2 bridgehead atoms. The molecule has 2 saturated carbocycles. The summed E-state index contributed by atoms with van der Waals surface area (Å²) >= 11 is 0. The first-order valence-corrected chi connectivity index (χ1v) is 16.9. The van der Waals surface area contributed by atoms with Crippen molar-refractivity contribution >= 4 is 12.1 Å². The van der Waals surface area contributed by atoms with Crippen LogP contribution in [0.1, 0.15) is 141 Å². The first-order valence-electron chi connectivity index (χ1n) is 16.9. The Bertz CT molecular complexity index is 900. The fraction of sp³-hybridized carbons (Fsp3) is 0.722. The average molecular weight is 568 g/mol. The zero-order valence-corrected chi connectivity index (χ0v) is 26.2. The minimum Gasteiger partial charge on any atom is -0.425 e. The van der Waals surface area contributed by atoms with E-state index in [1.807, 2.05) is 17.9 Å². The van der Waals surface area contributed by atoms with Crippen LogP contribution >= 0.6 is 0 Å². The molecule has 0 radical (unpaired) electrons. The van der Waals surface area contributed by atoms with Crippen LogP contribution in [0.4, 0.5) is 4.79 Å². The van der Waals surface area contributed by atoms with E-state index in [1.54, 1.807) is 6.92 Å². The van der Waals surface area contributed by atoms with Gasteiger partial charge in [0.1, 0.15) is 0 Å². The average Bonchev–Trinajstić information content (AvgIpc) is 3.58. The van der Waals surface area contributed by atoms with Gasteiger partial charge in [0.05, 0.1) is 0 Å². The van der Waals surface area contributed by atoms with E-state index in [0.29, 0.717) is 30.7 Å². The van der Waals surface area contributed by atoms with Crippen molar-refractivity contribution in [1.82, 2.24) is 4.90 Å². The Morgan fingerprint density at radius 1 is 0.829 bits per heavy atom. The maximum absolute atomic E-state index is 13.2. The molecule has 5 atom stereocenters.